The lowest BCUT2D eigenvalue weighted by Gasteiger charge is -2.40. The number of aromatic hydroxyl groups is 1. The quantitative estimate of drug-likeness (QED) is 0.692. The van der Waals surface area contributed by atoms with Crippen LogP contribution in [0, 0.1) is 5.41 Å². The van der Waals surface area contributed by atoms with Crippen LogP contribution in [-0.4, -0.2) is 52.1 Å². The van der Waals surface area contributed by atoms with E-state index in [0.29, 0.717) is 32.5 Å². The van der Waals surface area contributed by atoms with Crippen molar-refractivity contribution in [3.05, 3.63) is 65.7 Å². The molecule has 1 saturated heterocycles. The lowest BCUT2D eigenvalue weighted by atomic mass is 9.86. The van der Waals surface area contributed by atoms with Crippen LogP contribution in [-0.2, 0) is 22.7 Å². The summed E-state index contributed by atoms with van der Waals surface area (Å²) in [6, 6.07) is 15.8. The Morgan fingerprint density at radius 2 is 1.67 bits per heavy atom. The van der Waals surface area contributed by atoms with Crippen LogP contribution in [0.15, 0.2) is 54.6 Å². The molecule has 33 heavy (non-hydrogen) atoms. The topological polar surface area (TPSA) is 96.1 Å². The number of hydrogen-bond donors (Lipinski definition) is 2. The Kier molecular flexibility index (Phi) is 7.97. The van der Waals surface area contributed by atoms with Gasteiger partial charge in [-0.3, -0.25) is 4.79 Å². The van der Waals surface area contributed by atoms with Crippen LogP contribution in [0.4, 0.5) is 4.79 Å². The number of benzene rings is 2. The molecule has 0 radical (unpaired) electrons. The van der Waals surface area contributed by atoms with Gasteiger partial charge in [-0.15, -0.1) is 0 Å². The van der Waals surface area contributed by atoms with E-state index in [0.717, 1.165) is 11.1 Å². The van der Waals surface area contributed by atoms with Gasteiger partial charge in [0, 0.05) is 25.7 Å². The number of carbonyl (C=O) groups is 2. The number of hydrogen-bond acceptors (Lipinski definition) is 5. The third-order valence-electron chi connectivity index (χ3n) is 6.14. The van der Waals surface area contributed by atoms with Gasteiger partial charge in [0.1, 0.15) is 12.4 Å². The number of amides is 2. The zero-order chi connectivity index (χ0) is 24.0. The molecule has 2 amide bonds. The minimum atomic E-state index is -0.557. The van der Waals surface area contributed by atoms with Gasteiger partial charge in [-0.25, -0.2) is 4.79 Å². The summed E-state index contributed by atoms with van der Waals surface area (Å²) in [4.78, 5) is 29.4. The van der Waals surface area contributed by atoms with Gasteiger partial charge in [-0.1, -0.05) is 63.2 Å². The van der Waals surface area contributed by atoms with Gasteiger partial charge in [0.25, 0.3) is 0 Å². The summed E-state index contributed by atoms with van der Waals surface area (Å²) >= 11 is 0. The van der Waals surface area contributed by atoms with Crippen molar-refractivity contribution in [2.45, 2.75) is 58.8 Å². The predicted octanol–water partition coefficient (Wildman–Crippen LogP) is 3.90. The van der Waals surface area contributed by atoms with E-state index in [1.807, 2.05) is 51.1 Å². The van der Waals surface area contributed by atoms with E-state index in [2.05, 4.69) is 0 Å². The normalized spacial score (nSPS) is 15.7. The van der Waals surface area contributed by atoms with Crippen molar-refractivity contribution in [2.24, 2.45) is 11.1 Å². The molecule has 1 fully saturated rings. The van der Waals surface area contributed by atoms with E-state index < -0.39 is 6.04 Å². The fourth-order valence-corrected chi connectivity index (χ4v) is 3.91. The molecule has 1 aliphatic heterocycles. The summed E-state index contributed by atoms with van der Waals surface area (Å²) in [5, 5.41) is 9.59. The first-order valence-electron chi connectivity index (χ1n) is 11.4. The maximum absolute atomic E-state index is 13.1. The Morgan fingerprint density at radius 3 is 2.24 bits per heavy atom. The van der Waals surface area contributed by atoms with Crippen molar-refractivity contribution >= 4 is 12.0 Å². The van der Waals surface area contributed by atoms with E-state index in [-0.39, 0.29) is 35.8 Å². The highest BCUT2D eigenvalue weighted by Crippen LogP contribution is 2.24. The first-order chi connectivity index (χ1) is 15.6. The molecule has 1 atom stereocenters. The van der Waals surface area contributed by atoms with Crippen molar-refractivity contribution in [3.8, 4) is 5.75 Å². The molecule has 2 aromatic carbocycles. The van der Waals surface area contributed by atoms with Crippen LogP contribution in [0.2, 0.25) is 0 Å². The van der Waals surface area contributed by atoms with Crippen molar-refractivity contribution in [1.29, 1.82) is 0 Å². The lowest BCUT2D eigenvalue weighted by Crippen LogP contribution is -2.54. The average Bonchev–Trinajstić information content (AvgIpc) is 2.81. The molecule has 3 rings (SSSR count). The lowest BCUT2D eigenvalue weighted by molar-refractivity contribution is -0.136. The van der Waals surface area contributed by atoms with Crippen LogP contribution in [0.1, 0.15) is 44.7 Å². The highest BCUT2D eigenvalue weighted by molar-refractivity contribution is 5.82. The molecule has 0 bridgehead atoms. The maximum atomic E-state index is 13.1. The predicted molar refractivity (Wildman–Crippen MR) is 127 cm³/mol. The van der Waals surface area contributed by atoms with Crippen LogP contribution >= 0.6 is 0 Å². The molecule has 0 spiro atoms. The third-order valence-corrected chi connectivity index (χ3v) is 6.14. The zero-order valence-corrected chi connectivity index (χ0v) is 19.7. The monoisotopic (exact) mass is 453 g/mol. The second-order valence-electron chi connectivity index (χ2n) is 9.73. The van der Waals surface area contributed by atoms with Crippen molar-refractivity contribution in [1.82, 2.24) is 9.80 Å². The van der Waals surface area contributed by atoms with Gasteiger partial charge < -0.3 is 25.4 Å². The molecule has 7 nitrogen and oxygen atoms in total. The fraction of sp³-hybridized carbons (Fsp3) is 0.462. The van der Waals surface area contributed by atoms with Crippen molar-refractivity contribution in [3.63, 3.8) is 0 Å². The third kappa shape index (κ3) is 6.71. The summed E-state index contributed by atoms with van der Waals surface area (Å²) in [6.45, 7) is 7.55. The van der Waals surface area contributed by atoms with E-state index >= 15 is 0 Å². The summed E-state index contributed by atoms with van der Waals surface area (Å²) in [5.74, 6) is 0.136. The Hall–Kier alpha value is -3.06. The van der Waals surface area contributed by atoms with E-state index in [1.54, 1.807) is 34.1 Å². The van der Waals surface area contributed by atoms with Gasteiger partial charge in [-0.2, -0.15) is 0 Å². The average molecular weight is 454 g/mol. The van der Waals surface area contributed by atoms with Crippen LogP contribution in [0.25, 0.3) is 0 Å². The second-order valence-corrected chi connectivity index (χ2v) is 9.73. The highest BCUT2D eigenvalue weighted by atomic mass is 16.6. The Labute approximate surface area is 196 Å². The fourth-order valence-electron chi connectivity index (χ4n) is 3.91. The number of piperidine rings is 1. The number of phenolic OH excluding ortho intramolecular Hbond substituents is 1. The van der Waals surface area contributed by atoms with Gasteiger partial charge in [0.15, 0.2) is 0 Å². The minimum Gasteiger partial charge on any atom is -0.508 e. The summed E-state index contributed by atoms with van der Waals surface area (Å²) in [7, 11) is 0. The number of phenols is 1. The van der Waals surface area contributed by atoms with E-state index in [9.17, 15) is 14.7 Å². The molecule has 0 aromatic heterocycles. The number of nitrogens with zero attached hydrogens (tertiary/aromatic N) is 2. The number of nitrogens with two attached hydrogens (primary N) is 1. The van der Waals surface area contributed by atoms with Gasteiger partial charge in [0.05, 0.1) is 6.04 Å². The molecule has 178 valence electrons. The smallest absolute Gasteiger partial charge is 0.410 e. The highest BCUT2D eigenvalue weighted by Gasteiger charge is 2.35. The Balaban J connectivity index is 1.68. The summed E-state index contributed by atoms with van der Waals surface area (Å²) in [6.07, 6.45) is 0.922. The largest absolute Gasteiger partial charge is 0.508 e. The molecule has 7 heteroatoms. The first kappa shape index (κ1) is 24.6. The summed E-state index contributed by atoms with van der Waals surface area (Å²) in [5.41, 5.74) is 7.70. The van der Waals surface area contributed by atoms with Crippen molar-refractivity contribution < 1.29 is 19.4 Å². The molecule has 3 N–H and O–H groups in total. The molecular weight excluding hydrogens is 418 g/mol. The van der Waals surface area contributed by atoms with Crippen LogP contribution in [0.5, 0.6) is 5.75 Å². The molecule has 1 heterocycles. The van der Waals surface area contributed by atoms with Gasteiger partial charge in [0.2, 0.25) is 5.91 Å². The number of carbonyl (C=O) groups excluding carboxylic acids is 2. The maximum Gasteiger partial charge on any atom is 0.410 e. The Morgan fingerprint density at radius 1 is 1.06 bits per heavy atom. The van der Waals surface area contributed by atoms with E-state index in [1.165, 1.54) is 0 Å². The SMILES string of the molecule is CC(C)(C)[C@H](N)C(=O)N1CCC(N(Cc2ccc(O)cc2)C(=O)OCc2ccccc2)CC1. The molecular formula is C26H35N3O4. The molecule has 1 aliphatic rings. The second kappa shape index (κ2) is 10.7. The molecule has 2 aromatic rings. The van der Waals surface area contributed by atoms with E-state index in [4.69, 9.17) is 10.5 Å². The number of likely N-dealkylation sites (tertiary alicyclic amines) is 1. The van der Waals surface area contributed by atoms with Crippen molar-refractivity contribution in [2.75, 3.05) is 13.1 Å². The van der Waals surface area contributed by atoms with Gasteiger partial charge in [-0.05, 0) is 41.5 Å². The number of rotatable bonds is 6. The molecule has 0 aliphatic carbocycles. The first-order valence-corrected chi connectivity index (χ1v) is 11.4. The molecule has 0 unspecified atom stereocenters. The minimum absolute atomic E-state index is 0.0438. The van der Waals surface area contributed by atoms with Gasteiger partial charge >= 0.3 is 6.09 Å². The number of ether oxygens (including phenoxy) is 1. The zero-order valence-electron chi connectivity index (χ0n) is 19.7. The summed E-state index contributed by atoms with van der Waals surface area (Å²) < 4.78 is 5.63. The standard InChI is InChI=1S/C26H35N3O4/c1-26(2,3)23(27)24(31)28-15-13-21(14-16-28)29(17-19-9-11-22(30)12-10-19)25(32)33-18-20-7-5-4-6-8-20/h4-12,21,23,30H,13-18,27H2,1-3H3/t23-/m1/s1. The molecule has 0 saturated carbocycles. The van der Waals surface area contributed by atoms with Crippen LogP contribution in [0.3, 0.4) is 0 Å². The van der Waals surface area contributed by atoms with Crippen LogP contribution < -0.4 is 5.73 Å². The Bertz CT molecular complexity index is 917.